The van der Waals surface area contributed by atoms with Gasteiger partial charge in [0.25, 0.3) is 0 Å². The summed E-state index contributed by atoms with van der Waals surface area (Å²) in [6, 6.07) is 15.2. The Hall–Kier alpha value is -2.42. The van der Waals surface area contributed by atoms with Gasteiger partial charge in [0.15, 0.2) is 0 Å². The fourth-order valence-electron chi connectivity index (χ4n) is 3.11. The zero-order valence-electron chi connectivity index (χ0n) is 11.5. The van der Waals surface area contributed by atoms with E-state index < -0.39 is 0 Å². The van der Waals surface area contributed by atoms with Crippen molar-refractivity contribution in [2.75, 3.05) is 0 Å². The van der Waals surface area contributed by atoms with Crippen LogP contribution in [0.5, 0.6) is 0 Å². The Morgan fingerprint density at radius 2 is 1.62 bits per heavy atom. The third-order valence-electron chi connectivity index (χ3n) is 4.25. The summed E-state index contributed by atoms with van der Waals surface area (Å²) in [4.78, 5) is 4.22. The van der Waals surface area contributed by atoms with Gasteiger partial charge in [-0.25, -0.2) is 9.37 Å². The molecule has 0 saturated heterocycles. The second-order valence-corrected chi connectivity index (χ2v) is 5.48. The molecule has 0 aliphatic carbocycles. The molecule has 1 atom stereocenters. The Morgan fingerprint density at radius 1 is 0.952 bits per heavy atom. The zero-order valence-corrected chi connectivity index (χ0v) is 11.5. The lowest BCUT2D eigenvalue weighted by atomic mass is 9.93. The van der Waals surface area contributed by atoms with Gasteiger partial charge in [0.05, 0.1) is 6.33 Å². The van der Waals surface area contributed by atoms with Gasteiger partial charge < -0.3 is 4.57 Å². The molecule has 4 rings (SSSR count). The molecule has 0 fully saturated rings. The monoisotopic (exact) mass is 278 g/mol. The van der Waals surface area contributed by atoms with E-state index in [1.807, 2.05) is 24.7 Å². The lowest BCUT2D eigenvalue weighted by molar-refractivity contribution is 0.628. The number of nitrogens with zero attached hydrogens (tertiary/aromatic N) is 2. The van der Waals surface area contributed by atoms with E-state index in [-0.39, 0.29) is 5.82 Å². The fraction of sp³-hybridized carbons (Fsp3) is 0.167. The maximum Gasteiger partial charge on any atom is 0.123 e. The first kappa shape index (κ1) is 12.3. The SMILES string of the molecule is Fc1ccc(-c2ccc(C3CCn4cncc43)cc2)cc1. The van der Waals surface area contributed by atoms with Crippen LogP contribution in [0, 0.1) is 5.82 Å². The third-order valence-corrected chi connectivity index (χ3v) is 4.25. The molecule has 1 aromatic heterocycles. The van der Waals surface area contributed by atoms with E-state index in [4.69, 9.17) is 0 Å². The molecule has 2 heterocycles. The van der Waals surface area contributed by atoms with Crippen LogP contribution in [0.1, 0.15) is 23.6 Å². The molecule has 3 aromatic rings. The highest BCUT2D eigenvalue weighted by atomic mass is 19.1. The first-order valence-electron chi connectivity index (χ1n) is 7.17. The quantitative estimate of drug-likeness (QED) is 0.686. The molecular formula is C18H15FN2. The third kappa shape index (κ3) is 2.15. The van der Waals surface area contributed by atoms with Crippen LogP contribution in [-0.2, 0) is 6.54 Å². The van der Waals surface area contributed by atoms with E-state index in [1.54, 1.807) is 0 Å². The van der Waals surface area contributed by atoms with Gasteiger partial charge in [-0.15, -0.1) is 0 Å². The van der Waals surface area contributed by atoms with Crippen molar-refractivity contribution in [1.29, 1.82) is 0 Å². The van der Waals surface area contributed by atoms with Gasteiger partial charge in [0.2, 0.25) is 0 Å². The topological polar surface area (TPSA) is 17.8 Å². The van der Waals surface area contributed by atoms with Crippen LogP contribution in [0.15, 0.2) is 61.1 Å². The maximum absolute atomic E-state index is 13.0. The molecule has 0 radical (unpaired) electrons. The highest BCUT2D eigenvalue weighted by molar-refractivity contribution is 5.63. The normalized spacial score (nSPS) is 16.9. The van der Waals surface area contributed by atoms with Gasteiger partial charge in [-0.05, 0) is 35.2 Å². The number of fused-ring (bicyclic) bond motifs is 1. The number of benzene rings is 2. The molecule has 2 nitrogen and oxygen atoms in total. The lowest BCUT2D eigenvalue weighted by Crippen LogP contribution is -1.96. The highest BCUT2D eigenvalue weighted by Crippen LogP contribution is 2.34. The molecule has 104 valence electrons. The van der Waals surface area contributed by atoms with Gasteiger partial charge >= 0.3 is 0 Å². The van der Waals surface area contributed by atoms with Crippen molar-refractivity contribution < 1.29 is 4.39 Å². The van der Waals surface area contributed by atoms with Crippen molar-refractivity contribution in [2.45, 2.75) is 18.9 Å². The van der Waals surface area contributed by atoms with E-state index >= 15 is 0 Å². The molecule has 1 aliphatic heterocycles. The van der Waals surface area contributed by atoms with Crippen molar-refractivity contribution in [3.05, 3.63) is 78.1 Å². The van der Waals surface area contributed by atoms with Crippen molar-refractivity contribution >= 4 is 0 Å². The predicted octanol–water partition coefficient (Wildman–Crippen LogP) is 4.22. The molecule has 1 aliphatic rings. The van der Waals surface area contributed by atoms with E-state index in [2.05, 4.69) is 33.8 Å². The predicted molar refractivity (Wildman–Crippen MR) is 80.5 cm³/mol. The van der Waals surface area contributed by atoms with Crippen LogP contribution in [-0.4, -0.2) is 9.55 Å². The Balaban J connectivity index is 1.64. The van der Waals surface area contributed by atoms with E-state index in [0.717, 1.165) is 24.1 Å². The number of aryl methyl sites for hydroxylation is 1. The van der Waals surface area contributed by atoms with Crippen LogP contribution in [0.25, 0.3) is 11.1 Å². The van der Waals surface area contributed by atoms with Gasteiger partial charge in [-0.1, -0.05) is 36.4 Å². The summed E-state index contributed by atoms with van der Waals surface area (Å²) in [6.45, 7) is 1.04. The van der Waals surface area contributed by atoms with Crippen LogP contribution in [0.3, 0.4) is 0 Å². The average Bonchev–Trinajstić information content (AvgIpc) is 3.11. The Bertz CT molecular complexity index is 757. The summed E-state index contributed by atoms with van der Waals surface area (Å²) >= 11 is 0. The minimum atomic E-state index is -0.199. The molecule has 21 heavy (non-hydrogen) atoms. The highest BCUT2D eigenvalue weighted by Gasteiger charge is 2.23. The van der Waals surface area contributed by atoms with Crippen LogP contribution in [0.2, 0.25) is 0 Å². The van der Waals surface area contributed by atoms with Crippen LogP contribution in [0.4, 0.5) is 4.39 Å². The second-order valence-electron chi connectivity index (χ2n) is 5.48. The summed E-state index contributed by atoms with van der Waals surface area (Å²) < 4.78 is 15.2. The first-order chi connectivity index (χ1) is 10.3. The number of rotatable bonds is 2. The number of hydrogen-bond donors (Lipinski definition) is 0. The standard InChI is InChI=1S/C18H15FN2/c19-16-7-5-14(6-8-16)13-1-3-15(4-2-13)17-9-10-21-12-20-11-18(17)21/h1-8,11-12,17H,9-10H2. The lowest BCUT2D eigenvalue weighted by Gasteiger charge is -2.10. The zero-order chi connectivity index (χ0) is 14.2. The molecule has 0 saturated carbocycles. The van der Waals surface area contributed by atoms with Gasteiger partial charge in [-0.3, -0.25) is 0 Å². The van der Waals surface area contributed by atoms with E-state index in [9.17, 15) is 4.39 Å². The minimum absolute atomic E-state index is 0.199. The number of imidazole rings is 1. The van der Waals surface area contributed by atoms with Crippen molar-refractivity contribution in [1.82, 2.24) is 9.55 Å². The van der Waals surface area contributed by atoms with E-state index in [1.165, 1.54) is 23.4 Å². The van der Waals surface area contributed by atoms with Crippen molar-refractivity contribution in [3.63, 3.8) is 0 Å². The molecule has 0 spiro atoms. The molecule has 0 N–H and O–H groups in total. The molecule has 1 unspecified atom stereocenters. The van der Waals surface area contributed by atoms with Gasteiger partial charge in [0, 0.05) is 24.4 Å². The number of halogens is 1. The Kier molecular flexibility index (Phi) is 2.85. The Morgan fingerprint density at radius 3 is 2.33 bits per heavy atom. The van der Waals surface area contributed by atoms with Crippen LogP contribution < -0.4 is 0 Å². The van der Waals surface area contributed by atoms with Crippen LogP contribution >= 0.6 is 0 Å². The fourth-order valence-corrected chi connectivity index (χ4v) is 3.11. The minimum Gasteiger partial charge on any atom is -0.334 e. The second kappa shape index (κ2) is 4.85. The molecule has 2 aromatic carbocycles. The van der Waals surface area contributed by atoms with Gasteiger partial charge in [-0.2, -0.15) is 0 Å². The average molecular weight is 278 g/mol. The van der Waals surface area contributed by atoms with E-state index in [0.29, 0.717) is 5.92 Å². The molecular weight excluding hydrogens is 263 g/mol. The number of aromatic nitrogens is 2. The van der Waals surface area contributed by atoms with Crippen molar-refractivity contribution in [2.24, 2.45) is 0 Å². The van der Waals surface area contributed by atoms with Crippen molar-refractivity contribution in [3.8, 4) is 11.1 Å². The summed E-state index contributed by atoms with van der Waals surface area (Å²) in [7, 11) is 0. The smallest absolute Gasteiger partial charge is 0.123 e. The summed E-state index contributed by atoms with van der Waals surface area (Å²) in [6.07, 6.45) is 5.00. The molecule has 3 heteroatoms. The maximum atomic E-state index is 13.0. The molecule has 0 bridgehead atoms. The Labute approximate surface area is 122 Å². The first-order valence-corrected chi connectivity index (χ1v) is 7.17. The summed E-state index contributed by atoms with van der Waals surface area (Å²) in [5.41, 5.74) is 4.77. The van der Waals surface area contributed by atoms with Gasteiger partial charge in [0.1, 0.15) is 5.82 Å². The summed E-state index contributed by atoms with van der Waals surface area (Å²) in [5, 5.41) is 0. The summed E-state index contributed by atoms with van der Waals surface area (Å²) in [5.74, 6) is 0.240. The number of hydrogen-bond acceptors (Lipinski definition) is 1. The largest absolute Gasteiger partial charge is 0.334 e. The molecule has 0 amide bonds.